The second-order valence-electron chi connectivity index (χ2n) is 6.33. The highest BCUT2D eigenvalue weighted by Gasteiger charge is 2.56. The monoisotopic (exact) mass is 290 g/mol. The van der Waals surface area contributed by atoms with E-state index in [9.17, 15) is 17.6 Å². The van der Waals surface area contributed by atoms with E-state index in [1.54, 1.807) is 4.90 Å². The first-order valence-electron chi connectivity index (χ1n) is 6.68. The minimum absolute atomic E-state index is 0.126. The van der Waals surface area contributed by atoms with Gasteiger partial charge in [0.05, 0.1) is 6.26 Å². The first-order chi connectivity index (χ1) is 8.74. The fourth-order valence-corrected chi connectivity index (χ4v) is 4.26. The molecule has 2 aliphatic heterocycles. The average molecular weight is 290 g/mol. The first-order valence-corrected chi connectivity index (χ1v) is 8.53. The van der Waals surface area contributed by atoms with Crippen LogP contribution in [0.4, 0.5) is 4.39 Å². The molecule has 1 amide bonds. The van der Waals surface area contributed by atoms with Gasteiger partial charge < -0.3 is 4.90 Å². The normalized spacial score (nSPS) is 29.1. The Kier molecular flexibility index (Phi) is 2.74. The van der Waals surface area contributed by atoms with Crippen LogP contribution in [-0.2, 0) is 14.8 Å². The molecule has 0 aromatic heterocycles. The number of halogens is 1. The van der Waals surface area contributed by atoms with Gasteiger partial charge in [-0.1, -0.05) is 0 Å². The average Bonchev–Trinajstić information content (AvgIpc) is 2.67. The van der Waals surface area contributed by atoms with Gasteiger partial charge in [-0.05, 0) is 25.7 Å². The van der Waals surface area contributed by atoms with Crippen LogP contribution in [-0.4, -0.2) is 61.6 Å². The zero-order chi connectivity index (χ0) is 13.9. The van der Waals surface area contributed by atoms with Gasteiger partial charge in [0, 0.05) is 31.6 Å². The van der Waals surface area contributed by atoms with E-state index < -0.39 is 15.7 Å². The van der Waals surface area contributed by atoms with Gasteiger partial charge in [-0.3, -0.25) is 4.79 Å². The number of likely N-dealkylation sites (tertiary alicyclic amines) is 1. The topological polar surface area (TPSA) is 57.7 Å². The third kappa shape index (κ3) is 2.07. The van der Waals surface area contributed by atoms with Gasteiger partial charge in [0.25, 0.3) is 5.91 Å². The third-order valence-corrected chi connectivity index (χ3v) is 5.99. The smallest absolute Gasteiger partial charge is 0.260 e. The minimum Gasteiger partial charge on any atom is -0.339 e. The second-order valence-corrected chi connectivity index (χ2v) is 8.31. The predicted molar refractivity (Wildman–Crippen MR) is 67.7 cm³/mol. The predicted octanol–water partition coefficient (Wildman–Crippen LogP) is 0.372. The van der Waals surface area contributed by atoms with Crippen molar-refractivity contribution >= 4 is 15.9 Å². The Balaban J connectivity index is 1.60. The van der Waals surface area contributed by atoms with Crippen LogP contribution in [0.2, 0.25) is 0 Å². The summed E-state index contributed by atoms with van der Waals surface area (Å²) in [5.74, 6) is -0.387. The van der Waals surface area contributed by atoms with Gasteiger partial charge in [-0.25, -0.2) is 17.1 Å². The first kappa shape index (κ1) is 13.3. The highest BCUT2D eigenvalue weighted by Crippen LogP contribution is 2.44. The van der Waals surface area contributed by atoms with E-state index in [2.05, 4.69) is 0 Å². The molecule has 3 aliphatic rings. The van der Waals surface area contributed by atoms with E-state index in [0.717, 1.165) is 12.8 Å². The van der Waals surface area contributed by atoms with Crippen molar-refractivity contribution in [1.82, 2.24) is 9.21 Å². The number of carbonyl (C=O) groups excluding carboxylic acids is 1. The van der Waals surface area contributed by atoms with Crippen LogP contribution in [0.5, 0.6) is 0 Å². The largest absolute Gasteiger partial charge is 0.339 e. The second kappa shape index (κ2) is 3.91. The van der Waals surface area contributed by atoms with E-state index in [1.807, 2.05) is 0 Å². The number of rotatable bonds is 2. The summed E-state index contributed by atoms with van der Waals surface area (Å²) >= 11 is 0. The van der Waals surface area contributed by atoms with Crippen molar-refractivity contribution in [2.24, 2.45) is 5.41 Å². The summed E-state index contributed by atoms with van der Waals surface area (Å²) in [6.07, 6.45) is 3.43. The molecule has 0 aromatic carbocycles. The number of hydrogen-bond donors (Lipinski definition) is 0. The molecule has 1 spiro atoms. The Morgan fingerprint density at radius 2 is 1.79 bits per heavy atom. The third-order valence-electron chi connectivity index (χ3n) is 4.74. The molecule has 3 rings (SSSR count). The molecule has 2 saturated heterocycles. The summed E-state index contributed by atoms with van der Waals surface area (Å²) in [6, 6.07) is 0. The van der Waals surface area contributed by atoms with E-state index in [1.165, 1.54) is 10.6 Å². The Hall–Kier alpha value is -0.690. The molecule has 0 aromatic rings. The van der Waals surface area contributed by atoms with Gasteiger partial charge in [0.15, 0.2) is 5.67 Å². The number of amides is 1. The van der Waals surface area contributed by atoms with Gasteiger partial charge in [-0.15, -0.1) is 0 Å². The lowest BCUT2D eigenvalue weighted by Gasteiger charge is -2.51. The Morgan fingerprint density at radius 3 is 2.21 bits per heavy atom. The van der Waals surface area contributed by atoms with E-state index in [-0.39, 0.29) is 11.3 Å². The zero-order valence-corrected chi connectivity index (χ0v) is 11.9. The molecule has 0 bridgehead atoms. The number of hydrogen-bond acceptors (Lipinski definition) is 3. The molecule has 7 heteroatoms. The molecule has 19 heavy (non-hydrogen) atoms. The van der Waals surface area contributed by atoms with Crippen molar-refractivity contribution in [3.05, 3.63) is 0 Å². The summed E-state index contributed by atoms with van der Waals surface area (Å²) in [5.41, 5.74) is -1.75. The number of alkyl halides is 1. The maximum atomic E-state index is 14.0. The summed E-state index contributed by atoms with van der Waals surface area (Å²) in [5, 5.41) is 0. The van der Waals surface area contributed by atoms with Crippen LogP contribution in [0.15, 0.2) is 0 Å². The van der Waals surface area contributed by atoms with E-state index >= 15 is 0 Å². The van der Waals surface area contributed by atoms with Gasteiger partial charge in [0.1, 0.15) is 0 Å². The van der Waals surface area contributed by atoms with Gasteiger partial charge in [0.2, 0.25) is 10.0 Å². The lowest BCUT2D eigenvalue weighted by Crippen LogP contribution is -2.64. The number of nitrogens with zero attached hydrogens (tertiary/aromatic N) is 2. The van der Waals surface area contributed by atoms with Crippen LogP contribution in [0.3, 0.4) is 0 Å². The Bertz CT molecular complexity index is 509. The molecular weight excluding hydrogens is 271 g/mol. The van der Waals surface area contributed by atoms with Crippen molar-refractivity contribution in [3.8, 4) is 0 Å². The highest BCUT2D eigenvalue weighted by atomic mass is 32.2. The number of sulfonamides is 1. The molecule has 0 unspecified atom stereocenters. The lowest BCUT2D eigenvalue weighted by molar-refractivity contribution is -0.161. The molecule has 3 fully saturated rings. The molecule has 1 aliphatic carbocycles. The molecular formula is C12H19FN2O3S. The van der Waals surface area contributed by atoms with Gasteiger partial charge >= 0.3 is 0 Å². The van der Waals surface area contributed by atoms with Crippen molar-refractivity contribution in [2.45, 2.75) is 31.4 Å². The molecule has 0 atom stereocenters. The molecule has 2 heterocycles. The van der Waals surface area contributed by atoms with Crippen molar-refractivity contribution in [3.63, 3.8) is 0 Å². The maximum absolute atomic E-state index is 14.0. The zero-order valence-electron chi connectivity index (χ0n) is 11.1. The highest BCUT2D eigenvalue weighted by molar-refractivity contribution is 7.88. The van der Waals surface area contributed by atoms with Crippen LogP contribution in [0.1, 0.15) is 25.7 Å². The summed E-state index contributed by atoms with van der Waals surface area (Å²) in [6.45, 7) is 1.99. The van der Waals surface area contributed by atoms with Crippen molar-refractivity contribution in [2.75, 3.05) is 32.4 Å². The molecule has 0 N–H and O–H groups in total. The van der Waals surface area contributed by atoms with Gasteiger partial charge in [-0.2, -0.15) is 0 Å². The SMILES string of the molecule is CS(=O)(=O)N1CCC2(CN(C(=O)C3(F)CCC3)C2)C1. The quantitative estimate of drug-likeness (QED) is 0.738. The lowest BCUT2D eigenvalue weighted by atomic mass is 9.75. The minimum atomic E-state index is -3.15. The van der Waals surface area contributed by atoms with E-state index in [4.69, 9.17) is 0 Å². The molecule has 0 radical (unpaired) electrons. The molecule has 1 saturated carbocycles. The fourth-order valence-electron chi connectivity index (χ4n) is 3.33. The summed E-state index contributed by atoms with van der Waals surface area (Å²) in [4.78, 5) is 13.5. The van der Waals surface area contributed by atoms with Crippen LogP contribution in [0, 0.1) is 5.41 Å². The fraction of sp³-hybridized carbons (Fsp3) is 0.917. The standard InChI is InChI=1S/C12H19FN2O3S/c1-19(17,18)15-6-5-11(9-15)7-14(8-11)10(16)12(13)3-2-4-12/h2-9H2,1H3. The molecule has 5 nitrogen and oxygen atoms in total. The van der Waals surface area contributed by atoms with Crippen LogP contribution in [0.25, 0.3) is 0 Å². The maximum Gasteiger partial charge on any atom is 0.260 e. The Labute approximate surface area is 112 Å². The van der Waals surface area contributed by atoms with E-state index in [0.29, 0.717) is 39.0 Å². The van der Waals surface area contributed by atoms with Crippen molar-refractivity contribution in [1.29, 1.82) is 0 Å². The Morgan fingerprint density at radius 1 is 1.16 bits per heavy atom. The summed E-state index contributed by atoms with van der Waals surface area (Å²) in [7, 11) is -3.15. The number of carbonyl (C=O) groups is 1. The summed E-state index contributed by atoms with van der Waals surface area (Å²) < 4.78 is 38.4. The van der Waals surface area contributed by atoms with Crippen LogP contribution >= 0.6 is 0 Å². The van der Waals surface area contributed by atoms with Crippen molar-refractivity contribution < 1.29 is 17.6 Å². The molecule has 108 valence electrons. The van der Waals surface area contributed by atoms with Crippen LogP contribution < -0.4 is 0 Å².